The Morgan fingerprint density at radius 3 is 2.30 bits per heavy atom. The van der Waals surface area contributed by atoms with Crippen LogP contribution in [0.5, 0.6) is 5.75 Å². The topological polar surface area (TPSA) is 157 Å². The van der Waals surface area contributed by atoms with Crippen molar-refractivity contribution in [3.63, 3.8) is 0 Å². The van der Waals surface area contributed by atoms with Gasteiger partial charge < -0.3 is 25.4 Å². The highest BCUT2D eigenvalue weighted by atomic mass is 32.2. The summed E-state index contributed by atoms with van der Waals surface area (Å²) in [6, 6.07) is 11.7. The summed E-state index contributed by atoms with van der Waals surface area (Å²) >= 11 is 1.17. The lowest BCUT2D eigenvalue weighted by Crippen LogP contribution is -2.35. The summed E-state index contributed by atoms with van der Waals surface area (Å²) in [6.07, 6.45) is -0.0778. The quantitative estimate of drug-likeness (QED) is 0.413. The van der Waals surface area contributed by atoms with Crippen molar-refractivity contribution < 1.29 is 32.3 Å². The first-order chi connectivity index (χ1) is 17.6. The molecule has 0 bridgehead atoms. The molecule has 13 heteroatoms. The molecule has 0 fully saturated rings. The Balaban J connectivity index is 1.49. The van der Waals surface area contributed by atoms with Gasteiger partial charge in [0.1, 0.15) is 10.8 Å². The number of carbonyl (C=O) groups excluding carboxylic acids is 3. The highest BCUT2D eigenvalue weighted by Gasteiger charge is 2.30. The summed E-state index contributed by atoms with van der Waals surface area (Å²) in [7, 11) is -1.06. The van der Waals surface area contributed by atoms with Crippen LogP contribution in [-0.4, -0.2) is 52.0 Å². The summed E-state index contributed by atoms with van der Waals surface area (Å²) in [5, 5.41) is 3.01. The molecule has 2 heterocycles. The van der Waals surface area contributed by atoms with Gasteiger partial charge in [-0.2, -0.15) is 0 Å². The smallest absolute Gasteiger partial charge is 0.409 e. The van der Waals surface area contributed by atoms with Crippen LogP contribution in [0, 0.1) is 0 Å². The second kappa shape index (κ2) is 10.5. The molecule has 2 aromatic carbocycles. The molecule has 0 spiro atoms. The summed E-state index contributed by atoms with van der Waals surface area (Å²) in [5.41, 5.74) is 7.03. The number of hydrogen-bond acceptors (Lipinski definition) is 8. The molecular formula is C24H24N4O7S2. The second-order valence-electron chi connectivity index (χ2n) is 8.03. The highest BCUT2D eigenvalue weighted by Crippen LogP contribution is 2.37. The van der Waals surface area contributed by atoms with Crippen molar-refractivity contribution in [3.8, 4) is 5.75 Å². The van der Waals surface area contributed by atoms with E-state index in [1.54, 1.807) is 0 Å². The summed E-state index contributed by atoms with van der Waals surface area (Å²) in [6.45, 7) is 0.601. The maximum atomic E-state index is 12.9. The van der Waals surface area contributed by atoms with Crippen LogP contribution in [0.3, 0.4) is 0 Å². The van der Waals surface area contributed by atoms with E-state index in [2.05, 4.69) is 10.0 Å². The van der Waals surface area contributed by atoms with Crippen LogP contribution in [0.2, 0.25) is 0 Å². The maximum Gasteiger partial charge on any atom is 0.409 e. The van der Waals surface area contributed by atoms with Gasteiger partial charge in [0, 0.05) is 22.7 Å². The fourth-order valence-electron chi connectivity index (χ4n) is 3.87. The number of thiophene rings is 1. The van der Waals surface area contributed by atoms with Crippen molar-refractivity contribution in [2.24, 2.45) is 5.73 Å². The molecule has 0 atom stereocenters. The molecule has 4 N–H and O–H groups in total. The number of carbonyl (C=O) groups is 3. The van der Waals surface area contributed by atoms with Crippen LogP contribution in [0.4, 0.5) is 15.5 Å². The maximum absolute atomic E-state index is 12.9. The van der Waals surface area contributed by atoms with Crippen LogP contribution in [0.15, 0.2) is 53.4 Å². The first kappa shape index (κ1) is 26.0. The van der Waals surface area contributed by atoms with Crippen LogP contribution in [0.25, 0.3) is 0 Å². The molecule has 194 valence electrons. The van der Waals surface area contributed by atoms with Crippen LogP contribution < -0.4 is 20.5 Å². The number of hydrogen-bond donors (Lipinski definition) is 3. The molecule has 37 heavy (non-hydrogen) atoms. The van der Waals surface area contributed by atoms with Crippen molar-refractivity contribution in [3.05, 3.63) is 70.1 Å². The van der Waals surface area contributed by atoms with E-state index in [9.17, 15) is 22.8 Å². The Morgan fingerprint density at radius 2 is 1.70 bits per heavy atom. The lowest BCUT2D eigenvalue weighted by molar-refractivity contribution is 0.0999. The lowest BCUT2D eigenvalue weighted by atomic mass is 10.0. The summed E-state index contributed by atoms with van der Waals surface area (Å²) in [5.74, 6) is -0.653. The van der Waals surface area contributed by atoms with Gasteiger partial charge in [-0.15, -0.1) is 11.3 Å². The van der Waals surface area contributed by atoms with Gasteiger partial charge in [-0.1, -0.05) is 0 Å². The van der Waals surface area contributed by atoms with Gasteiger partial charge in [0.15, 0.2) is 0 Å². The van der Waals surface area contributed by atoms with Gasteiger partial charge >= 0.3 is 6.09 Å². The zero-order valence-electron chi connectivity index (χ0n) is 19.9. The Kier molecular flexibility index (Phi) is 7.36. The third kappa shape index (κ3) is 5.52. The van der Waals surface area contributed by atoms with Gasteiger partial charge in [0.2, 0.25) is 0 Å². The first-order valence-electron chi connectivity index (χ1n) is 11.0. The van der Waals surface area contributed by atoms with Crippen molar-refractivity contribution in [2.45, 2.75) is 17.9 Å². The number of anilines is 2. The number of primary amides is 1. The zero-order chi connectivity index (χ0) is 26.7. The summed E-state index contributed by atoms with van der Waals surface area (Å²) < 4.78 is 37.5. The minimum absolute atomic E-state index is 0.0570. The molecule has 0 radical (unpaired) electrons. The largest absolute Gasteiger partial charge is 0.497 e. The molecule has 4 rings (SSSR count). The third-order valence-corrected chi connectivity index (χ3v) is 8.26. The summed E-state index contributed by atoms with van der Waals surface area (Å²) in [4.78, 5) is 39.3. The number of fused-ring (bicyclic) bond motifs is 1. The van der Waals surface area contributed by atoms with Crippen molar-refractivity contribution in [1.29, 1.82) is 0 Å². The monoisotopic (exact) mass is 544 g/mol. The fraction of sp³-hybridized carbons (Fsp3) is 0.208. The number of benzene rings is 2. The van der Waals surface area contributed by atoms with E-state index in [0.29, 0.717) is 29.3 Å². The minimum Gasteiger partial charge on any atom is -0.497 e. The Morgan fingerprint density at radius 1 is 1.03 bits per heavy atom. The SMILES string of the molecule is COC(=O)N1CCc2c(sc(NC(=O)c3ccc(NS(=O)(=O)c4ccc(OC)cc4)cc3)c2C(N)=O)C1. The molecule has 0 saturated heterocycles. The van der Waals surface area contributed by atoms with Gasteiger partial charge in [0.25, 0.3) is 21.8 Å². The van der Waals surface area contributed by atoms with E-state index in [1.165, 1.54) is 79.0 Å². The molecule has 1 aliphatic rings. The highest BCUT2D eigenvalue weighted by molar-refractivity contribution is 7.92. The standard InChI is InChI=1S/C24H24N4O7S2/c1-34-16-7-9-17(10-8-16)37(32,33)27-15-5-3-14(4-6-15)22(30)26-23-20(21(25)29)18-11-12-28(24(31)35-2)13-19(18)36-23/h3-10,27H,11-13H2,1-2H3,(H2,25,29)(H,26,30). The van der Waals surface area contributed by atoms with E-state index in [1.807, 2.05) is 0 Å². The molecule has 3 aromatic rings. The molecule has 3 amide bonds. The zero-order valence-corrected chi connectivity index (χ0v) is 21.6. The molecule has 0 saturated carbocycles. The van der Waals surface area contributed by atoms with Crippen molar-refractivity contribution in [2.75, 3.05) is 30.8 Å². The van der Waals surface area contributed by atoms with E-state index in [4.69, 9.17) is 15.2 Å². The van der Waals surface area contributed by atoms with Crippen LogP contribution >= 0.6 is 11.3 Å². The van der Waals surface area contributed by atoms with Crippen LogP contribution in [-0.2, 0) is 27.7 Å². The Bertz CT molecular complexity index is 1450. The average molecular weight is 545 g/mol. The number of sulfonamides is 1. The van der Waals surface area contributed by atoms with E-state index in [0.717, 1.165) is 4.88 Å². The Labute approximate surface area is 217 Å². The van der Waals surface area contributed by atoms with Gasteiger partial charge in [-0.25, -0.2) is 13.2 Å². The molecule has 0 aliphatic carbocycles. The predicted molar refractivity (Wildman–Crippen MR) is 138 cm³/mol. The predicted octanol–water partition coefficient (Wildman–Crippen LogP) is 3.03. The molecular weight excluding hydrogens is 520 g/mol. The molecule has 1 aliphatic heterocycles. The van der Waals surface area contributed by atoms with Crippen LogP contribution in [0.1, 0.15) is 31.2 Å². The number of ether oxygens (including phenoxy) is 2. The molecule has 11 nitrogen and oxygen atoms in total. The lowest BCUT2D eigenvalue weighted by Gasteiger charge is -2.25. The number of methoxy groups -OCH3 is 2. The van der Waals surface area contributed by atoms with Crippen molar-refractivity contribution in [1.82, 2.24) is 4.90 Å². The number of nitrogens with zero attached hydrogens (tertiary/aromatic N) is 1. The molecule has 0 unspecified atom stereocenters. The minimum atomic E-state index is -3.84. The average Bonchev–Trinajstić information content (AvgIpc) is 3.25. The number of nitrogens with two attached hydrogens (primary N) is 1. The van der Waals surface area contributed by atoms with Gasteiger partial charge in [-0.05, 0) is 60.5 Å². The fourth-order valence-corrected chi connectivity index (χ4v) is 6.19. The Hall–Kier alpha value is -4.10. The van der Waals surface area contributed by atoms with E-state index < -0.39 is 27.9 Å². The van der Waals surface area contributed by atoms with Gasteiger partial charge in [0.05, 0.1) is 31.2 Å². The second-order valence-corrected chi connectivity index (χ2v) is 10.8. The molecule has 1 aromatic heterocycles. The van der Waals surface area contributed by atoms with E-state index in [-0.39, 0.29) is 28.3 Å². The first-order valence-corrected chi connectivity index (χ1v) is 13.3. The number of nitrogens with one attached hydrogen (secondary N) is 2. The van der Waals surface area contributed by atoms with Crippen molar-refractivity contribution >= 4 is 50.0 Å². The van der Waals surface area contributed by atoms with E-state index >= 15 is 0 Å². The third-order valence-electron chi connectivity index (χ3n) is 5.73. The van der Waals surface area contributed by atoms with Gasteiger partial charge in [-0.3, -0.25) is 14.3 Å². The number of amides is 3. The number of rotatable bonds is 7. The normalized spacial score (nSPS) is 12.9.